The van der Waals surface area contributed by atoms with Crippen molar-refractivity contribution < 1.29 is 13.2 Å². The summed E-state index contributed by atoms with van der Waals surface area (Å²) in [6, 6.07) is 6.72. The standard InChI is InChI=1S/C14H18BrNO3S/c1-11-6-4-5-9-16(11)14(17)10-20(18,19)13-8-3-2-7-12(13)15/h2-3,7-8,11H,4-6,9-10H2,1H3. The first-order valence-corrected chi connectivity index (χ1v) is 9.13. The van der Waals surface area contributed by atoms with Gasteiger partial charge in [0.2, 0.25) is 5.91 Å². The zero-order valence-electron chi connectivity index (χ0n) is 11.4. The van der Waals surface area contributed by atoms with Crippen molar-refractivity contribution in [2.45, 2.75) is 37.1 Å². The number of rotatable bonds is 3. The minimum atomic E-state index is -3.60. The van der Waals surface area contributed by atoms with Crippen LogP contribution >= 0.6 is 15.9 Å². The fraction of sp³-hybridized carbons (Fsp3) is 0.500. The maximum atomic E-state index is 12.3. The molecule has 110 valence electrons. The molecule has 0 N–H and O–H groups in total. The van der Waals surface area contributed by atoms with Gasteiger partial charge in [0.15, 0.2) is 9.84 Å². The second-order valence-electron chi connectivity index (χ2n) is 5.12. The van der Waals surface area contributed by atoms with Crippen LogP contribution in [0.3, 0.4) is 0 Å². The van der Waals surface area contributed by atoms with Gasteiger partial charge in [0.1, 0.15) is 5.75 Å². The number of sulfone groups is 1. The summed E-state index contributed by atoms with van der Waals surface area (Å²) in [5.41, 5.74) is 0. The predicted octanol–water partition coefficient (Wildman–Crippen LogP) is 2.62. The smallest absolute Gasteiger partial charge is 0.238 e. The third kappa shape index (κ3) is 3.41. The van der Waals surface area contributed by atoms with Gasteiger partial charge >= 0.3 is 0 Å². The van der Waals surface area contributed by atoms with E-state index in [2.05, 4.69) is 15.9 Å². The molecule has 1 aromatic carbocycles. The van der Waals surface area contributed by atoms with Gasteiger partial charge in [-0.25, -0.2) is 8.42 Å². The van der Waals surface area contributed by atoms with Crippen molar-refractivity contribution in [2.75, 3.05) is 12.3 Å². The summed E-state index contributed by atoms with van der Waals surface area (Å²) in [5, 5.41) is 0. The molecule has 1 saturated heterocycles. The van der Waals surface area contributed by atoms with Crippen LogP contribution in [0, 0.1) is 0 Å². The van der Waals surface area contributed by atoms with Crippen LogP contribution in [0.15, 0.2) is 33.6 Å². The highest BCUT2D eigenvalue weighted by atomic mass is 79.9. The first-order chi connectivity index (χ1) is 9.42. The second kappa shape index (κ2) is 6.26. The summed E-state index contributed by atoms with van der Waals surface area (Å²) in [4.78, 5) is 14.1. The molecule has 0 aliphatic carbocycles. The van der Waals surface area contributed by atoms with E-state index < -0.39 is 15.6 Å². The molecular formula is C14H18BrNO3S. The van der Waals surface area contributed by atoms with Gasteiger partial charge < -0.3 is 4.90 Å². The van der Waals surface area contributed by atoms with E-state index in [4.69, 9.17) is 0 Å². The Hall–Kier alpha value is -0.880. The number of halogens is 1. The quantitative estimate of drug-likeness (QED) is 0.833. The molecule has 0 saturated carbocycles. The van der Waals surface area contributed by atoms with Crippen LogP contribution in [0.2, 0.25) is 0 Å². The average molecular weight is 360 g/mol. The van der Waals surface area contributed by atoms with Crippen LogP contribution in [-0.2, 0) is 14.6 Å². The van der Waals surface area contributed by atoms with Gasteiger partial charge in [0, 0.05) is 17.1 Å². The van der Waals surface area contributed by atoms with Crippen LogP contribution in [0.4, 0.5) is 0 Å². The molecule has 1 aliphatic rings. The topological polar surface area (TPSA) is 54.5 Å². The zero-order chi connectivity index (χ0) is 14.8. The number of carbonyl (C=O) groups is 1. The van der Waals surface area contributed by atoms with Gasteiger partial charge in [0.25, 0.3) is 0 Å². The molecule has 0 aromatic heterocycles. The number of amides is 1. The fourth-order valence-corrected chi connectivity index (χ4v) is 4.81. The largest absolute Gasteiger partial charge is 0.339 e. The van der Waals surface area contributed by atoms with Crippen LogP contribution in [0.25, 0.3) is 0 Å². The average Bonchev–Trinajstić information content (AvgIpc) is 2.38. The van der Waals surface area contributed by atoms with Crippen molar-refractivity contribution in [3.8, 4) is 0 Å². The van der Waals surface area contributed by atoms with Crippen LogP contribution in [0.5, 0.6) is 0 Å². The van der Waals surface area contributed by atoms with Gasteiger partial charge in [-0.2, -0.15) is 0 Å². The third-order valence-electron chi connectivity index (χ3n) is 3.61. The highest BCUT2D eigenvalue weighted by Crippen LogP contribution is 2.23. The number of hydrogen-bond acceptors (Lipinski definition) is 3. The maximum absolute atomic E-state index is 12.3. The number of likely N-dealkylation sites (tertiary alicyclic amines) is 1. The molecule has 1 unspecified atom stereocenters. The lowest BCUT2D eigenvalue weighted by Crippen LogP contribution is -2.44. The molecule has 6 heteroatoms. The monoisotopic (exact) mass is 359 g/mol. The van der Waals surface area contributed by atoms with Crippen molar-refractivity contribution in [1.82, 2.24) is 4.90 Å². The van der Waals surface area contributed by atoms with E-state index in [0.29, 0.717) is 11.0 Å². The minimum Gasteiger partial charge on any atom is -0.339 e. The van der Waals surface area contributed by atoms with Crippen molar-refractivity contribution in [2.24, 2.45) is 0 Å². The molecular weight excluding hydrogens is 342 g/mol. The van der Waals surface area contributed by atoms with E-state index in [1.165, 1.54) is 6.07 Å². The van der Waals surface area contributed by atoms with Crippen LogP contribution in [-0.4, -0.2) is 37.6 Å². The van der Waals surface area contributed by atoms with Gasteiger partial charge in [-0.1, -0.05) is 12.1 Å². The van der Waals surface area contributed by atoms with E-state index in [1.807, 2.05) is 6.92 Å². The molecule has 1 aliphatic heterocycles. The molecule has 1 amide bonds. The van der Waals surface area contributed by atoms with Gasteiger partial charge in [-0.05, 0) is 54.2 Å². The zero-order valence-corrected chi connectivity index (χ0v) is 13.8. The number of benzene rings is 1. The summed E-state index contributed by atoms with van der Waals surface area (Å²) in [7, 11) is -3.60. The molecule has 1 atom stereocenters. The summed E-state index contributed by atoms with van der Waals surface area (Å²) < 4.78 is 25.2. The number of hydrogen-bond donors (Lipinski definition) is 0. The normalized spacial score (nSPS) is 19.9. The first kappa shape index (κ1) is 15.5. The number of carbonyl (C=O) groups excluding carboxylic acids is 1. The summed E-state index contributed by atoms with van der Waals surface area (Å²) in [5.74, 6) is -0.757. The van der Waals surface area contributed by atoms with Crippen LogP contribution < -0.4 is 0 Å². The second-order valence-corrected chi connectivity index (χ2v) is 7.93. The summed E-state index contributed by atoms with van der Waals surface area (Å²) in [6.45, 7) is 2.63. The van der Waals surface area contributed by atoms with Crippen molar-refractivity contribution >= 4 is 31.7 Å². The van der Waals surface area contributed by atoms with E-state index in [-0.39, 0.29) is 16.8 Å². The molecule has 1 aromatic rings. The van der Waals surface area contributed by atoms with Crippen LogP contribution in [0.1, 0.15) is 26.2 Å². The first-order valence-electron chi connectivity index (χ1n) is 6.68. The Morgan fingerprint density at radius 2 is 2.05 bits per heavy atom. The minimum absolute atomic E-state index is 0.130. The van der Waals surface area contributed by atoms with E-state index in [1.54, 1.807) is 23.1 Å². The van der Waals surface area contributed by atoms with Crippen molar-refractivity contribution in [3.05, 3.63) is 28.7 Å². The molecule has 20 heavy (non-hydrogen) atoms. The Morgan fingerprint density at radius 3 is 2.70 bits per heavy atom. The number of nitrogens with zero attached hydrogens (tertiary/aromatic N) is 1. The maximum Gasteiger partial charge on any atom is 0.238 e. The Balaban J connectivity index is 2.16. The molecule has 0 bridgehead atoms. The lowest BCUT2D eigenvalue weighted by atomic mass is 10.0. The van der Waals surface area contributed by atoms with Gasteiger partial charge in [0.05, 0.1) is 4.90 Å². The summed E-state index contributed by atoms with van der Waals surface area (Å²) >= 11 is 3.23. The molecule has 2 rings (SSSR count). The van der Waals surface area contributed by atoms with Gasteiger partial charge in [-0.3, -0.25) is 4.79 Å². The summed E-state index contributed by atoms with van der Waals surface area (Å²) in [6.07, 6.45) is 2.99. The molecule has 0 spiro atoms. The van der Waals surface area contributed by atoms with E-state index in [0.717, 1.165) is 19.3 Å². The molecule has 1 fully saturated rings. The lowest BCUT2D eigenvalue weighted by Gasteiger charge is -2.33. The number of piperidine rings is 1. The SMILES string of the molecule is CC1CCCCN1C(=O)CS(=O)(=O)c1ccccc1Br. The fourth-order valence-electron chi connectivity index (χ4n) is 2.49. The van der Waals surface area contributed by atoms with E-state index in [9.17, 15) is 13.2 Å². The van der Waals surface area contributed by atoms with Crippen molar-refractivity contribution in [1.29, 1.82) is 0 Å². The third-order valence-corrected chi connectivity index (χ3v) is 6.22. The van der Waals surface area contributed by atoms with E-state index >= 15 is 0 Å². The molecule has 1 heterocycles. The lowest BCUT2D eigenvalue weighted by molar-refractivity contribution is -0.131. The Bertz CT molecular complexity index is 600. The Kier molecular flexibility index (Phi) is 4.86. The Morgan fingerprint density at radius 1 is 1.35 bits per heavy atom. The predicted molar refractivity (Wildman–Crippen MR) is 81.2 cm³/mol. The Labute approximate surface area is 128 Å². The van der Waals surface area contributed by atoms with Gasteiger partial charge in [-0.15, -0.1) is 0 Å². The van der Waals surface area contributed by atoms with Crippen molar-refractivity contribution in [3.63, 3.8) is 0 Å². The molecule has 4 nitrogen and oxygen atoms in total. The highest BCUT2D eigenvalue weighted by molar-refractivity contribution is 9.10. The molecule has 0 radical (unpaired) electrons. The highest BCUT2D eigenvalue weighted by Gasteiger charge is 2.28.